The molecule has 0 saturated heterocycles. The highest BCUT2D eigenvalue weighted by Crippen LogP contribution is 2.24. The molecule has 0 amide bonds. The third-order valence-electron chi connectivity index (χ3n) is 3.22. The number of aromatic nitrogens is 1. The van der Waals surface area contributed by atoms with Gasteiger partial charge in [-0.15, -0.1) is 0 Å². The van der Waals surface area contributed by atoms with Gasteiger partial charge in [-0.1, -0.05) is 48.5 Å². The molecule has 21 heavy (non-hydrogen) atoms. The number of pyridine rings is 1. The third-order valence-corrected chi connectivity index (χ3v) is 3.22. The van der Waals surface area contributed by atoms with Crippen molar-refractivity contribution in [2.45, 2.75) is 6.54 Å². The van der Waals surface area contributed by atoms with Crippen molar-refractivity contribution in [3.8, 4) is 22.8 Å². The Morgan fingerprint density at radius 3 is 2.14 bits per heavy atom. The van der Waals surface area contributed by atoms with Gasteiger partial charge in [-0.25, -0.2) is 4.98 Å². The summed E-state index contributed by atoms with van der Waals surface area (Å²) >= 11 is 0. The predicted octanol–water partition coefficient (Wildman–Crippen LogP) is 4.00. The zero-order valence-electron chi connectivity index (χ0n) is 11.6. The molecule has 3 heteroatoms. The van der Waals surface area contributed by atoms with Crippen molar-refractivity contribution >= 4 is 0 Å². The Morgan fingerprint density at radius 1 is 0.810 bits per heavy atom. The van der Waals surface area contributed by atoms with E-state index in [9.17, 15) is 0 Å². The van der Waals surface area contributed by atoms with Gasteiger partial charge in [0.25, 0.3) is 0 Å². The first-order valence-electron chi connectivity index (χ1n) is 6.83. The van der Waals surface area contributed by atoms with E-state index in [1.807, 2.05) is 54.6 Å². The predicted molar refractivity (Wildman–Crippen MR) is 84.1 cm³/mol. The quantitative estimate of drug-likeness (QED) is 0.783. The SMILES string of the molecule is NCc1ccc(Oc2ccc(-c3ccccc3)cc2)nc1. The topological polar surface area (TPSA) is 48.1 Å². The molecule has 0 aliphatic rings. The van der Waals surface area contributed by atoms with Crippen LogP contribution in [-0.4, -0.2) is 4.98 Å². The second kappa shape index (κ2) is 6.20. The summed E-state index contributed by atoms with van der Waals surface area (Å²) in [5.41, 5.74) is 8.88. The third kappa shape index (κ3) is 3.27. The number of benzene rings is 2. The first kappa shape index (κ1) is 13.3. The van der Waals surface area contributed by atoms with Crippen LogP contribution in [-0.2, 0) is 6.54 Å². The van der Waals surface area contributed by atoms with Gasteiger partial charge in [0.2, 0.25) is 5.88 Å². The maximum atomic E-state index is 5.72. The van der Waals surface area contributed by atoms with Crippen molar-refractivity contribution in [2.75, 3.05) is 0 Å². The van der Waals surface area contributed by atoms with E-state index in [1.165, 1.54) is 5.56 Å². The molecule has 0 fully saturated rings. The van der Waals surface area contributed by atoms with Crippen LogP contribution >= 0.6 is 0 Å². The lowest BCUT2D eigenvalue weighted by Crippen LogP contribution is -1.97. The van der Waals surface area contributed by atoms with Gasteiger partial charge in [0.15, 0.2) is 0 Å². The fraction of sp³-hybridized carbons (Fsp3) is 0.0556. The Hall–Kier alpha value is -2.65. The van der Waals surface area contributed by atoms with Crippen LogP contribution in [0.4, 0.5) is 0 Å². The van der Waals surface area contributed by atoms with Gasteiger partial charge in [-0.2, -0.15) is 0 Å². The molecule has 0 aliphatic carbocycles. The van der Waals surface area contributed by atoms with Crippen LogP contribution in [0.5, 0.6) is 11.6 Å². The number of nitrogens with zero attached hydrogens (tertiary/aromatic N) is 1. The molecule has 1 aromatic heterocycles. The minimum absolute atomic E-state index is 0.485. The molecule has 2 aromatic carbocycles. The monoisotopic (exact) mass is 276 g/mol. The summed E-state index contributed by atoms with van der Waals surface area (Å²) in [6, 6.07) is 22.0. The van der Waals surface area contributed by atoms with E-state index in [1.54, 1.807) is 6.20 Å². The molecule has 0 unspecified atom stereocenters. The second-order valence-electron chi connectivity index (χ2n) is 4.70. The fourth-order valence-corrected chi connectivity index (χ4v) is 2.06. The van der Waals surface area contributed by atoms with Gasteiger partial charge in [0, 0.05) is 18.8 Å². The van der Waals surface area contributed by atoms with Gasteiger partial charge < -0.3 is 10.5 Å². The molecule has 2 N–H and O–H groups in total. The maximum Gasteiger partial charge on any atom is 0.219 e. The average Bonchev–Trinajstić information content (AvgIpc) is 2.57. The van der Waals surface area contributed by atoms with Crippen molar-refractivity contribution < 1.29 is 4.74 Å². The first-order chi connectivity index (χ1) is 10.3. The van der Waals surface area contributed by atoms with Gasteiger partial charge in [0.1, 0.15) is 5.75 Å². The molecule has 3 aromatic rings. The summed E-state index contributed by atoms with van der Waals surface area (Å²) < 4.78 is 5.72. The van der Waals surface area contributed by atoms with E-state index in [4.69, 9.17) is 10.5 Å². The van der Waals surface area contributed by atoms with Crippen LogP contribution in [0, 0.1) is 0 Å². The molecule has 1 heterocycles. The zero-order valence-corrected chi connectivity index (χ0v) is 11.6. The summed E-state index contributed by atoms with van der Waals surface area (Å²) in [5, 5.41) is 0. The van der Waals surface area contributed by atoms with Crippen molar-refractivity contribution in [3.63, 3.8) is 0 Å². The van der Waals surface area contributed by atoms with Crippen LogP contribution < -0.4 is 10.5 Å². The van der Waals surface area contributed by atoms with Gasteiger partial charge in [-0.3, -0.25) is 0 Å². The Labute approximate surface area is 124 Å². The van der Waals surface area contributed by atoms with E-state index in [2.05, 4.69) is 17.1 Å². The number of ether oxygens (including phenoxy) is 1. The molecule has 0 bridgehead atoms. The summed E-state index contributed by atoms with van der Waals surface area (Å²) in [7, 11) is 0. The molecule has 0 spiro atoms. The smallest absolute Gasteiger partial charge is 0.219 e. The van der Waals surface area contributed by atoms with E-state index in [0.29, 0.717) is 12.4 Å². The highest BCUT2D eigenvalue weighted by molar-refractivity contribution is 5.63. The standard InChI is InChI=1S/C18H16N2O/c19-12-14-6-11-18(20-13-14)21-17-9-7-16(8-10-17)15-4-2-1-3-5-15/h1-11,13H,12,19H2. The highest BCUT2D eigenvalue weighted by Gasteiger charge is 2.01. The van der Waals surface area contributed by atoms with Crippen molar-refractivity contribution in [1.82, 2.24) is 4.98 Å². The van der Waals surface area contributed by atoms with Gasteiger partial charge in [-0.05, 0) is 28.8 Å². The lowest BCUT2D eigenvalue weighted by atomic mass is 10.1. The second-order valence-corrected chi connectivity index (χ2v) is 4.70. The Bertz CT molecular complexity index is 692. The molecule has 3 nitrogen and oxygen atoms in total. The number of nitrogens with two attached hydrogens (primary N) is 1. The highest BCUT2D eigenvalue weighted by atomic mass is 16.5. The van der Waals surface area contributed by atoms with Crippen LogP contribution in [0.25, 0.3) is 11.1 Å². The number of hydrogen-bond acceptors (Lipinski definition) is 3. The number of rotatable bonds is 4. The van der Waals surface area contributed by atoms with Crippen molar-refractivity contribution in [1.29, 1.82) is 0 Å². The molecule has 0 saturated carbocycles. The molecule has 0 atom stereocenters. The fourth-order valence-electron chi connectivity index (χ4n) is 2.06. The van der Waals surface area contributed by atoms with Crippen molar-refractivity contribution in [3.05, 3.63) is 78.5 Å². The first-order valence-corrected chi connectivity index (χ1v) is 6.83. The molecule has 3 rings (SSSR count). The van der Waals surface area contributed by atoms with Crippen LogP contribution in [0.3, 0.4) is 0 Å². The Kier molecular flexibility index (Phi) is 3.94. The number of hydrogen-bond donors (Lipinski definition) is 1. The molecule has 104 valence electrons. The van der Waals surface area contributed by atoms with E-state index < -0.39 is 0 Å². The Balaban J connectivity index is 1.75. The van der Waals surface area contributed by atoms with Crippen LogP contribution in [0.2, 0.25) is 0 Å². The lowest BCUT2D eigenvalue weighted by molar-refractivity contribution is 0.462. The summed E-state index contributed by atoms with van der Waals surface area (Å²) in [6.45, 7) is 0.485. The average molecular weight is 276 g/mol. The maximum absolute atomic E-state index is 5.72. The molecule has 0 aliphatic heterocycles. The normalized spacial score (nSPS) is 10.3. The van der Waals surface area contributed by atoms with E-state index in [0.717, 1.165) is 16.9 Å². The van der Waals surface area contributed by atoms with E-state index >= 15 is 0 Å². The summed E-state index contributed by atoms with van der Waals surface area (Å²) in [5.74, 6) is 1.34. The van der Waals surface area contributed by atoms with Crippen LogP contribution in [0.1, 0.15) is 5.56 Å². The lowest BCUT2D eigenvalue weighted by Gasteiger charge is -2.06. The largest absolute Gasteiger partial charge is 0.439 e. The summed E-state index contributed by atoms with van der Waals surface area (Å²) in [4.78, 5) is 4.22. The molecular formula is C18H16N2O. The van der Waals surface area contributed by atoms with Gasteiger partial charge >= 0.3 is 0 Å². The minimum atomic E-state index is 0.485. The Morgan fingerprint density at radius 2 is 1.52 bits per heavy atom. The van der Waals surface area contributed by atoms with E-state index in [-0.39, 0.29) is 0 Å². The molecule has 0 radical (unpaired) electrons. The van der Waals surface area contributed by atoms with Gasteiger partial charge in [0.05, 0.1) is 0 Å². The van der Waals surface area contributed by atoms with Crippen LogP contribution in [0.15, 0.2) is 72.9 Å². The zero-order chi connectivity index (χ0) is 14.5. The summed E-state index contributed by atoms with van der Waals surface area (Å²) in [6.07, 6.45) is 1.73. The minimum Gasteiger partial charge on any atom is -0.439 e. The van der Waals surface area contributed by atoms with Crippen molar-refractivity contribution in [2.24, 2.45) is 5.73 Å². The molecular weight excluding hydrogens is 260 g/mol.